The van der Waals surface area contributed by atoms with Gasteiger partial charge in [0.15, 0.2) is 0 Å². The molecular weight excluding hydrogens is 280 g/mol. The molecule has 2 fully saturated rings. The van der Waals surface area contributed by atoms with Crippen LogP contribution >= 0.6 is 0 Å². The molecular formula is C17H24N2O3. The molecule has 2 aliphatic heterocycles. The van der Waals surface area contributed by atoms with E-state index < -0.39 is 0 Å². The Balaban J connectivity index is 1.81. The van der Waals surface area contributed by atoms with E-state index in [9.17, 15) is 9.59 Å². The Hall–Kier alpha value is -1.78. The Kier molecular flexibility index (Phi) is 4.50. The van der Waals surface area contributed by atoms with E-state index in [0.717, 1.165) is 50.2 Å². The summed E-state index contributed by atoms with van der Waals surface area (Å²) < 4.78 is 5.91. The van der Waals surface area contributed by atoms with Crippen LogP contribution in [0, 0.1) is 0 Å². The molecule has 3 heterocycles. The van der Waals surface area contributed by atoms with E-state index in [4.69, 9.17) is 4.42 Å². The lowest BCUT2D eigenvalue weighted by atomic mass is 10.1. The molecule has 5 heteroatoms. The number of nitrogens with zero attached hydrogens (tertiary/aromatic N) is 1. The summed E-state index contributed by atoms with van der Waals surface area (Å²) in [5, 5.41) is 2.80. The number of furan rings is 1. The molecule has 3 rings (SSSR count). The second-order valence-electron chi connectivity index (χ2n) is 6.21. The highest BCUT2D eigenvalue weighted by molar-refractivity contribution is 5.91. The number of likely N-dealkylation sites (tertiary alicyclic amines) is 1. The van der Waals surface area contributed by atoms with Crippen LogP contribution in [0.4, 0.5) is 0 Å². The molecule has 0 spiro atoms. The van der Waals surface area contributed by atoms with Crippen molar-refractivity contribution < 1.29 is 14.0 Å². The fourth-order valence-electron chi connectivity index (χ4n) is 3.43. The second-order valence-corrected chi connectivity index (χ2v) is 6.21. The van der Waals surface area contributed by atoms with Gasteiger partial charge in [-0.1, -0.05) is 19.8 Å². The topological polar surface area (TPSA) is 62.6 Å². The van der Waals surface area contributed by atoms with Gasteiger partial charge in [-0.15, -0.1) is 0 Å². The second kappa shape index (κ2) is 6.55. The Morgan fingerprint density at radius 2 is 2.18 bits per heavy atom. The summed E-state index contributed by atoms with van der Waals surface area (Å²) in [5.74, 6) is 1.88. The maximum absolute atomic E-state index is 12.8. The molecule has 0 aliphatic carbocycles. The fourth-order valence-corrected chi connectivity index (χ4v) is 3.43. The average molecular weight is 304 g/mol. The maximum atomic E-state index is 12.8. The number of amides is 2. The lowest BCUT2D eigenvalue weighted by molar-refractivity contribution is -0.137. The van der Waals surface area contributed by atoms with E-state index in [-0.39, 0.29) is 23.9 Å². The van der Waals surface area contributed by atoms with Crippen molar-refractivity contribution in [2.24, 2.45) is 0 Å². The summed E-state index contributed by atoms with van der Waals surface area (Å²) in [4.78, 5) is 26.2. The Bertz CT molecular complexity index is 552. The minimum absolute atomic E-state index is 0.00722. The molecule has 120 valence electrons. The van der Waals surface area contributed by atoms with Gasteiger partial charge in [-0.3, -0.25) is 9.59 Å². The zero-order valence-corrected chi connectivity index (χ0v) is 13.1. The summed E-state index contributed by atoms with van der Waals surface area (Å²) in [6.07, 6.45) is 6.12. The number of rotatable bonds is 3. The zero-order chi connectivity index (χ0) is 15.5. The predicted octanol–water partition coefficient (Wildman–Crippen LogP) is 2.56. The first-order chi connectivity index (χ1) is 10.7. The van der Waals surface area contributed by atoms with Crippen molar-refractivity contribution in [3.05, 3.63) is 23.7 Å². The van der Waals surface area contributed by atoms with Gasteiger partial charge in [-0.2, -0.15) is 0 Å². The summed E-state index contributed by atoms with van der Waals surface area (Å²) >= 11 is 0. The van der Waals surface area contributed by atoms with E-state index in [2.05, 4.69) is 12.2 Å². The fraction of sp³-hybridized carbons (Fsp3) is 0.647. The van der Waals surface area contributed by atoms with Crippen LogP contribution in [0.5, 0.6) is 0 Å². The van der Waals surface area contributed by atoms with Gasteiger partial charge in [0.1, 0.15) is 17.6 Å². The summed E-state index contributed by atoms with van der Waals surface area (Å²) in [6.45, 7) is 2.81. The molecule has 1 aromatic heterocycles. The third kappa shape index (κ3) is 3.03. The van der Waals surface area contributed by atoms with Crippen LogP contribution in [0.1, 0.15) is 63.0 Å². The lowest BCUT2D eigenvalue weighted by Crippen LogP contribution is -2.46. The van der Waals surface area contributed by atoms with Gasteiger partial charge in [0.25, 0.3) is 0 Å². The van der Waals surface area contributed by atoms with Gasteiger partial charge in [0.2, 0.25) is 11.8 Å². The van der Waals surface area contributed by atoms with E-state index in [1.54, 1.807) is 0 Å². The van der Waals surface area contributed by atoms with Crippen LogP contribution in [0.15, 0.2) is 16.5 Å². The average Bonchev–Trinajstić information content (AvgIpc) is 3.10. The van der Waals surface area contributed by atoms with Gasteiger partial charge >= 0.3 is 0 Å². The van der Waals surface area contributed by atoms with Crippen LogP contribution in [0.25, 0.3) is 0 Å². The highest BCUT2D eigenvalue weighted by Crippen LogP contribution is 2.32. The first-order valence-corrected chi connectivity index (χ1v) is 8.37. The molecule has 0 bridgehead atoms. The molecule has 2 atom stereocenters. The molecule has 0 aromatic carbocycles. The normalized spacial score (nSPS) is 25.9. The Morgan fingerprint density at radius 1 is 1.32 bits per heavy atom. The molecule has 1 N–H and O–H groups in total. The van der Waals surface area contributed by atoms with Crippen molar-refractivity contribution in [3.8, 4) is 0 Å². The first kappa shape index (κ1) is 15.1. The van der Waals surface area contributed by atoms with Crippen LogP contribution in [-0.4, -0.2) is 29.3 Å². The molecule has 0 unspecified atom stereocenters. The number of carbonyl (C=O) groups is 2. The standard InChI is InChI=1S/C17H24N2O3/c1-2-12-7-9-15(22-12)14-6-4-3-5-11-19(14)17(21)13-8-10-16(20)18-13/h7,9,13-14H,2-6,8,10-11H2,1H3,(H,18,20)/t13-,14+/m1/s1. The summed E-state index contributed by atoms with van der Waals surface area (Å²) in [6, 6.07) is 3.66. The number of aryl methyl sites for hydroxylation is 1. The Labute approximate surface area is 131 Å². The number of carbonyl (C=O) groups excluding carboxylic acids is 2. The maximum Gasteiger partial charge on any atom is 0.245 e. The van der Waals surface area contributed by atoms with Crippen LogP contribution in [-0.2, 0) is 16.0 Å². The van der Waals surface area contributed by atoms with E-state index in [1.165, 1.54) is 0 Å². The molecule has 0 saturated carbocycles. The van der Waals surface area contributed by atoms with Crippen molar-refractivity contribution in [1.29, 1.82) is 0 Å². The van der Waals surface area contributed by atoms with Gasteiger partial charge < -0.3 is 14.6 Å². The highest BCUT2D eigenvalue weighted by Gasteiger charge is 2.36. The van der Waals surface area contributed by atoms with E-state index >= 15 is 0 Å². The minimum atomic E-state index is -0.353. The van der Waals surface area contributed by atoms with Crippen molar-refractivity contribution in [3.63, 3.8) is 0 Å². The van der Waals surface area contributed by atoms with Crippen molar-refractivity contribution in [2.45, 2.75) is 64.0 Å². The molecule has 2 aliphatic rings. The lowest BCUT2D eigenvalue weighted by Gasteiger charge is -2.30. The third-order valence-corrected chi connectivity index (χ3v) is 4.69. The van der Waals surface area contributed by atoms with Gasteiger partial charge in [-0.05, 0) is 31.4 Å². The zero-order valence-electron chi connectivity index (χ0n) is 13.1. The molecule has 22 heavy (non-hydrogen) atoms. The number of hydrogen-bond donors (Lipinski definition) is 1. The van der Waals surface area contributed by atoms with E-state index in [0.29, 0.717) is 12.8 Å². The van der Waals surface area contributed by atoms with Crippen molar-refractivity contribution in [2.75, 3.05) is 6.54 Å². The number of nitrogens with one attached hydrogen (secondary N) is 1. The van der Waals surface area contributed by atoms with Gasteiger partial charge in [0, 0.05) is 19.4 Å². The molecule has 5 nitrogen and oxygen atoms in total. The molecule has 1 aromatic rings. The summed E-state index contributed by atoms with van der Waals surface area (Å²) in [5.41, 5.74) is 0. The Morgan fingerprint density at radius 3 is 2.86 bits per heavy atom. The van der Waals surface area contributed by atoms with E-state index in [1.807, 2.05) is 17.0 Å². The van der Waals surface area contributed by atoms with Crippen LogP contribution in [0.3, 0.4) is 0 Å². The SMILES string of the molecule is CCc1ccc([C@@H]2CCCCCN2C(=O)[C@H]2CCC(=O)N2)o1. The first-order valence-electron chi connectivity index (χ1n) is 8.37. The van der Waals surface area contributed by atoms with Crippen LogP contribution in [0.2, 0.25) is 0 Å². The van der Waals surface area contributed by atoms with Crippen molar-refractivity contribution in [1.82, 2.24) is 10.2 Å². The highest BCUT2D eigenvalue weighted by atomic mass is 16.3. The smallest absolute Gasteiger partial charge is 0.245 e. The predicted molar refractivity (Wildman–Crippen MR) is 82.2 cm³/mol. The number of hydrogen-bond acceptors (Lipinski definition) is 3. The largest absolute Gasteiger partial charge is 0.464 e. The third-order valence-electron chi connectivity index (χ3n) is 4.69. The van der Waals surface area contributed by atoms with Gasteiger partial charge in [0.05, 0.1) is 6.04 Å². The molecule has 2 amide bonds. The van der Waals surface area contributed by atoms with Crippen molar-refractivity contribution >= 4 is 11.8 Å². The molecule has 0 radical (unpaired) electrons. The molecule has 2 saturated heterocycles. The quantitative estimate of drug-likeness (QED) is 0.933. The monoisotopic (exact) mass is 304 g/mol. The minimum Gasteiger partial charge on any atom is -0.464 e. The van der Waals surface area contributed by atoms with Crippen LogP contribution < -0.4 is 5.32 Å². The summed E-state index contributed by atoms with van der Waals surface area (Å²) in [7, 11) is 0. The van der Waals surface area contributed by atoms with Gasteiger partial charge in [-0.25, -0.2) is 0 Å².